The van der Waals surface area contributed by atoms with Gasteiger partial charge in [0.1, 0.15) is 17.5 Å². The van der Waals surface area contributed by atoms with Crippen LogP contribution in [0, 0.1) is 11.6 Å². The van der Waals surface area contributed by atoms with Crippen LogP contribution < -0.4 is 10.6 Å². The molecule has 1 aromatic heterocycles. The molecule has 3 aromatic rings. The number of carbonyl (C=O) groups is 1. The molecule has 0 saturated carbocycles. The van der Waals surface area contributed by atoms with Crippen LogP contribution in [-0.2, 0) is 6.42 Å². The minimum absolute atomic E-state index is 0.0817. The Morgan fingerprint density at radius 1 is 1.11 bits per heavy atom. The normalized spacial score (nSPS) is 15.2. The number of carbonyl (C=O) groups excluding carboxylic acids is 1. The lowest BCUT2D eigenvalue weighted by molar-refractivity contribution is 0.102. The summed E-state index contributed by atoms with van der Waals surface area (Å²) >= 11 is 5.76. The monoisotopic (exact) mass is 399 g/mol. The molecule has 142 valence electrons. The van der Waals surface area contributed by atoms with Crippen molar-refractivity contribution in [3.8, 4) is 0 Å². The molecule has 4 nitrogen and oxygen atoms in total. The number of hydrogen-bond donors (Lipinski definition) is 2. The summed E-state index contributed by atoms with van der Waals surface area (Å²) in [7, 11) is 0. The fourth-order valence-corrected chi connectivity index (χ4v) is 3.65. The molecule has 0 spiro atoms. The lowest BCUT2D eigenvalue weighted by Crippen LogP contribution is -2.16. The molecule has 1 aliphatic rings. The highest BCUT2D eigenvalue weighted by Crippen LogP contribution is 2.37. The van der Waals surface area contributed by atoms with E-state index in [0.29, 0.717) is 41.0 Å². The van der Waals surface area contributed by atoms with Crippen LogP contribution in [0.3, 0.4) is 0 Å². The van der Waals surface area contributed by atoms with Crippen molar-refractivity contribution in [2.45, 2.75) is 18.9 Å². The fourth-order valence-electron chi connectivity index (χ4n) is 3.47. The molecule has 2 aromatic carbocycles. The smallest absolute Gasteiger partial charge is 0.255 e. The molecular weight excluding hydrogens is 384 g/mol. The first-order chi connectivity index (χ1) is 13.5. The average Bonchev–Trinajstić information content (AvgIpc) is 3.10. The van der Waals surface area contributed by atoms with E-state index in [0.717, 1.165) is 0 Å². The molecule has 28 heavy (non-hydrogen) atoms. The Kier molecular flexibility index (Phi) is 4.96. The zero-order valence-corrected chi connectivity index (χ0v) is 15.4. The van der Waals surface area contributed by atoms with Crippen molar-refractivity contribution in [1.82, 2.24) is 4.98 Å². The van der Waals surface area contributed by atoms with Gasteiger partial charge in [0.25, 0.3) is 5.91 Å². The number of benzene rings is 2. The molecule has 1 heterocycles. The molecule has 0 saturated heterocycles. The summed E-state index contributed by atoms with van der Waals surface area (Å²) in [6.07, 6.45) is 2.87. The van der Waals surface area contributed by atoms with Crippen molar-refractivity contribution in [2.75, 3.05) is 10.6 Å². The minimum atomic E-state index is -0.564. The quantitative estimate of drug-likeness (QED) is 0.620. The van der Waals surface area contributed by atoms with Gasteiger partial charge in [-0.15, -0.1) is 0 Å². The molecule has 0 fully saturated rings. The number of pyridine rings is 1. The number of amides is 1. The average molecular weight is 400 g/mol. The fraction of sp³-hybridized carbons (Fsp3) is 0.143. The van der Waals surface area contributed by atoms with E-state index in [1.165, 1.54) is 30.3 Å². The van der Waals surface area contributed by atoms with Gasteiger partial charge in [-0.2, -0.15) is 0 Å². The first kappa shape index (κ1) is 18.4. The highest BCUT2D eigenvalue weighted by molar-refractivity contribution is 6.31. The molecular formula is C21H16ClF2N3O. The van der Waals surface area contributed by atoms with E-state index in [4.69, 9.17) is 11.6 Å². The first-order valence-corrected chi connectivity index (χ1v) is 9.16. The molecule has 1 atom stereocenters. The van der Waals surface area contributed by atoms with E-state index in [1.807, 2.05) is 12.1 Å². The van der Waals surface area contributed by atoms with Crippen molar-refractivity contribution in [1.29, 1.82) is 0 Å². The van der Waals surface area contributed by atoms with Gasteiger partial charge in [0.05, 0.1) is 11.1 Å². The van der Waals surface area contributed by atoms with Crippen molar-refractivity contribution in [3.05, 3.63) is 88.1 Å². The van der Waals surface area contributed by atoms with Crippen molar-refractivity contribution in [2.24, 2.45) is 0 Å². The standard InChI is InChI=1S/C21H16ClF2N3O/c22-15-11-12(4-7-16(15)23)26-21(28)14-5-8-17(24)20-13(14)6-9-18(20)27-19-3-1-2-10-25-19/h1-5,7-8,10-11,18H,6,9H2,(H,25,27)(H,26,28). The maximum absolute atomic E-state index is 14.6. The summed E-state index contributed by atoms with van der Waals surface area (Å²) in [5.41, 5.74) is 1.91. The van der Waals surface area contributed by atoms with E-state index >= 15 is 0 Å². The molecule has 1 aliphatic carbocycles. The number of rotatable bonds is 4. The Balaban J connectivity index is 1.61. The van der Waals surface area contributed by atoms with Gasteiger partial charge >= 0.3 is 0 Å². The van der Waals surface area contributed by atoms with Gasteiger partial charge in [0.2, 0.25) is 0 Å². The highest BCUT2D eigenvalue weighted by atomic mass is 35.5. The van der Waals surface area contributed by atoms with Crippen LogP contribution in [0.2, 0.25) is 5.02 Å². The summed E-state index contributed by atoms with van der Waals surface area (Å²) in [6.45, 7) is 0. The summed E-state index contributed by atoms with van der Waals surface area (Å²) in [4.78, 5) is 17.0. The van der Waals surface area contributed by atoms with Gasteiger partial charge in [-0.3, -0.25) is 4.79 Å². The molecule has 7 heteroatoms. The third-order valence-corrected chi connectivity index (χ3v) is 5.03. The number of halogens is 3. The molecule has 2 N–H and O–H groups in total. The number of nitrogens with zero attached hydrogens (tertiary/aromatic N) is 1. The maximum Gasteiger partial charge on any atom is 0.255 e. The number of hydrogen-bond acceptors (Lipinski definition) is 3. The molecule has 1 amide bonds. The predicted molar refractivity (Wildman–Crippen MR) is 105 cm³/mol. The lowest BCUT2D eigenvalue weighted by Gasteiger charge is -2.16. The van der Waals surface area contributed by atoms with Crippen LogP contribution in [0.1, 0.15) is 33.9 Å². The molecule has 4 rings (SSSR count). The van der Waals surface area contributed by atoms with Crippen LogP contribution >= 0.6 is 11.6 Å². The number of fused-ring (bicyclic) bond motifs is 1. The largest absolute Gasteiger partial charge is 0.363 e. The zero-order valence-electron chi connectivity index (χ0n) is 14.7. The zero-order chi connectivity index (χ0) is 19.7. The SMILES string of the molecule is O=C(Nc1ccc(F)c(Cl)c1)c1ccc(F)c2c1CCC2Nc1ccccn1. The van der Waals surface area contributed by atoms with Gasteiger partial charge in [-0.05, 0) is 60.9 Å². The summed E-state index contributed by atoms with van der Waals surface area (Å²) < 4.78 is 27.9. The van der Waals surface area contributed by atoms with E-state index in [-0.39, 0.29) is 16.9 Å². The Hall–Kier alpha value is -2.99. The van der Waals surface area contributed by atoms with Crippen LogP contribution in [0.4, 0.5) is 20.3 Å². The summed E-state index contributed by atoms with van der Waals surface area (Å²) in [6, 6.07) is 11.9. The van der Waals surface area contributed by atoms with E-state index < -0.39 is 11.7 Å². The molecule has 1 unspecified atom stereocenters. The van der Waals surface area contributed by atoms with Gasteiger partial charge in [-0.25, -0.2) is 13.8 Å². The third kappa shape index (κ3) is 3.55. The first-order valence-electron chi connectivity index (χ1n) is 8.78. The Bertz CT molecular complexity index is 1040. The Labute approximate surface area is 165 Å². The van der Waals surface area contributed by atoms with E-state index in [1.54, 1.807) is 12.3 Å². The summed E-state index contributed by atoms with van der Waals surface area (Å²) in [5, 5.41) is 5.84. The molecule has 0 aliphatic heterocycles. The second-order valence-corrected chi connectivity index (χ2v) is 6.93. The van der Waals surface area contributed by atoms with E-state index in [9.17, 15) is 13.6 Å². The van der Waals surface area contributed by atoms with Crippen LogP contribution in [0.25, 0.3) is 0 Å². The molecule has 0 radical (unpaired) electrons. The topological polar surface area (TPSA) is 54.0 Å². The van der Waals surface area contributed by atoms with Gasteiger partial charge in [0.15, 0.2) is 0 Å². The molecule has 0 bridgehead atoms. The summed E-state index contributed by atoms with van der Waals surface area (Å²) in [5.74, 6) is -0.666. The van der Waals surface area contributed by atoms with Gasteiger partial charge in [-0.1, -0.05) is 17.7 Å². The Morgan fingerprint density at radius 3 is 2.68 bits per heavy atom. The van der Waals surface area contributed by atoms with Crippen LogP contribution in [0.15, 0.2) is 54.7 Å². The third-order valence-electron chi connectivity index (χ3n) is 4.74. The van der Waals surface area contributed by atoms with Crippen molar-refractivity contribution >= 4 is 29.0 Å². The predicted octanol–water partition coefficient (Wildman–Crippen LogP) is 5.36. The van der Waals surface area contributed by atoms with Crippen molar-refractivity contribution < 1.29 is 13.6 Å². The van der Waals surface area contributed by atoms with Gasteiger partial charge in [0, 0.05) is 23.0 Å². The maximum atomic E-state index is 14.6. The number of aromatic nitrogens is 1. The van der Waals surface area contributed by atoms with Crippen molar-refractivity contribution in [3.63, 3.8) is 0 Å². The lowest BCUT2D eigenvalue weighted by atomic mass is 10.0. The van der Waals surface area contributed by atoms with Gasteiger partial charge < -0.3 is 10.6 Å². The Morgan fingerprint density at radius 2 is 1.93 bits per heavy atom. The second-order valence-electron chi connectivity index (χ2n) is 6.52. The van der Waals surface area contributed by atoms with Crippen LogP contribution in [0.5, 0.6) is 0 Å². The minimum Gasteiger partial charge on any atom is -0.363 e. The number of anilines is 2. The van der Waals surface area contributed by atoms with Crippen LogP contribution in [-0.4, -0.2) is 10.9 Å². The van der Waals surface area contributed by atoms with E-state index in [2.05, 4.69) is 15.6 Å². The highest BCUT2D eigenvalue weighted by Gasteiger charge is 2.30. The number of nitrogens with one attached hydrogen (secondary N) is 2. The second kappa shape index (κ2) is 7.56.